The SMILES string of the molecule is C=C(C)OC1C[C@H]2[C@@H]3[C@@H](C)N(C)C4=CC(=O)CC[C@]4(C)[C@H]3CC[C@]2(C)C1. The number of rotatable bonds is 2. The lowest BCUT2D eigenvalue weighted by Crippen LogP contribution is -2.60. The fourth-order valence-electron chi connectivity index (χ4n) is 7.24. The quantitative estimate of drug-likeness (QED) is 0.656. The average molecular weight is 358 g/mol. The van der Waals surface area contributed by atoms with Crippen LogP contribution in [0, 0.1) is 28.6 Å². The molecule has 0 spiro atoms. The van der Waals surface area contributed by atoms with Crippen LogP contribution in [-0.2, 0) is 9.53 Å². The molecule has 1 unspecified atom stereocenters. The highest BCUT2D eigenvalue weighted by Gasteiger charge is 2.61. The molecule has 2 saturated carbocycles. The zero-order chi connectivity index (χ0) is 18.9. The average Bonchev–Trinajstić information content (AvgIpc) is 2.89. The van der Waals surface area contributed by atoms with Gasteiger partial charge in [-0.2, -0.15) is 0 Å². The molecule has 144 valence electrons. The number of carbonyl (C=O) groups is 1. The van der Waals surface area contributed by atoms with Gasteiger partial charge in [0.25, 0.3) is 0 Å². The van der Waals surface area contributed by atoms with Gasteiger partial charge in [0.2, 0.25) is 0 Å². The molecular weight excluding hydrogens is 322 g/mol. The monoisotopic (exact) mass is 357 g/mol. The third-order valence-electron chi connectivity index (χ3n) is 8.57. The van der Waals surface area contributed by atoms with Crippen LogP contribution >= 0.6 is 0 Å². The second-order valence-corrected chi connectivity index (χ2v) is 10.1. The molecule has 0 N–H and O–H groups in total. The van der Waals surface area contributed by atoms with Crippen molar-refractivity contribution in [2.45, 2.75) is 78.4 Å². The van der Waals surface area contributed by atoms with Crippen LogP contribution in [-0.4, -0.2) is 29.9 Å². The van der Waals surface area contributed by atoms with Crippen LogP contribution in [0.2, 0.25) is 0 Å². The maximum atomic E-state index is 12.1. The van der Waals surface area contributed by atoms with Crippen molar-refractivity contribution in [3.05, 3.63) is 24.1 Å². The van der Waals surface area contributed by atoms with Gasteiger partial charge in [-0.3, -0.25) is 4.79 Å². The van der Waals surface area contributed by atoms with Gasteiger partial charge >= 0.3 is 0 Å². The Morgan fingerprint density at radius 3 is 2.73 bits per heavy atom. The van der Waals surface area contributed by atoms with E-state index in [4.69, 9.17) is 4.74 Å². The Bertz CT molecular complexity index is 667. The summed E-state index contributed by atoms with van der Waals surface area (Å²) < 4.78 is 6.09. The Labute approximate surface area is 158 Å². The summed E-state index contributed by atoms with van der Waals surface area (Å²) in [6.45, 7) is 13.3. The Morgan fingerprint density at radius 1 is 1.31 bits per heavy atom. The van der Waals surface area contributed by atoms with Gasteiger partial charge in [0, 0.05) is 36.7 Å². The summed E-state index contributed by atoms with van der Waals surface area (Å²) in [7, 11) is 2.21. The molecule has 1 saturated heterocycles. The fourth-order valence-corrected chi connectivity index (χ4v) is 7.24. The van der Waals surface area contributed by atoms with Crippen molar-refractivity contribution in [1.82, 2.24) is 4.90 Å². The van der Waals surface area contributed by atoms with Crippen LogP contribution in [0.5, 0.6) is 0 Å². The van der Waals surface area contributed by atoms with Gasteiger partial charge in [0.1, 0.15) is 0 Å². The van der Waals surface area contributed by atoms with Crippen molar-refractivity contribution in [2.24, 2.45) is 28.6 Å². The summed E-state index contributed by atoms with van der Waals surface area (Å²) in [4.78, 5) is 14.6. The normalized spacial score (nSPS) is 47.6. The minimum absolute atomic E-state index is 0.161. The molecule has 3 aliphatic carbocycles. The van der Waals surface area contributed by atoms with E-state index in [0.717, 1.165) is 25.0 Å². The molecule has 7 atom stereocenters. The Hall–Kier alpha value is -1.25. The second kappa shape index (κ2) is 5.87. The van der Waals surface area contributed by atoms with E-state index in [1.165, 1.54) is 25.0 Å². The largest absolute Gasteiger partial charge is 0.496 e. The first-order valence-electron chi connectivity index (χ1n) is 10.5. The number of nitrogens with zero attached hydrogens (tertiary/aromatic N) is 1. The van der Waals surface area contributed by atoms with Gasteiger partial charge in [-0.1, -0.05) is 20.4 Å². The summed E-state index contributed by atoms with van der Waals surface area (Å²) in [5, 5.41) is 0. The van der Waals surface area contributed by atoms with Crippen LogP contribution < -0.4 is 0 Å². The molecule has 0 aromatic carbocycles. The molecule has 4 aliphatic rings. The van der Waals surface area contributed by atoms with Crippen molar-refractivity contribution in [3.8, 4) is 0 Å². The number of likely N-dealkylation sites (tertiary alicyclic amines) is 1. The maximum Gasteiger partial charge on any atom is 0.157 e. The third-order valence-corrected chi connectivity index (χ3v) is 8.57. The molecule has 3 heteroatoms. The third kappa shape index (κ3) is 2.49. The predicted octanol–water partition coefficient (Wildman–Crippen LogP) is 4.93. The fraction of sp³-hybridized carbons (Fsp3) is 0.783. The number of carbonyl (C=O) groups excluding carboxylic acids is 1. The number of hydrogen-bond acceptors (Lipinski definition) is 3. The molecule has 26 heavy (non-hydrogen) atoms. The predicted molar refractivity (Wildman–Crippen MR) is 104 cm³/mol. The van der Waals surface area contributed by atoms with Gasteiger partial charge in [-0.15, -0.1) is 0 Å². The summed E-state index contributed by atoms with van der Waals surface area (Å²) in [5.74, 6) is 3.25. The number of allylic oxidation sites excluding steroid dienone is 3. The van der Waals surface area contributed by atoms with Crippen molar-refractivity contribution in [2.75, 3.05) is 7.05 Å². The zero-order valence-electron chi connectivity index (χ0n) is 17.2. The van der Waals surface area contributed by atoms with E-state index < -0.39 is 0 Å². The smallest absolute Gasteiger partial charge is 0.157 e. The minimum Gasteiger partial charge on any atom is -0.496 e. The number of ether oxygens (including phenoxy) is 1. The van der Waals surface area contributed by atoms with E-state index in [2.05, 4.69) is 39.3 Å². The van der Waals surface area contributed by atoms with E-state index in [0.29, 0.717) is 41.1 Å². The maximum absolute atomic E-state index is 12.1. The van der Waals surface area contributed by atoms with Crippen LogP contribution in [0.3, 0.4) is 0 Å². The summed E-state index contributed by atoms with van der Waals surface area (Å²) >= 11 is 0. The highest BCUT2D eigenvalue weighted by atomic mass is 16.5. The summed E-state index contributed by atoms with van der Waals surface area (Å²) in [6, 6.07) is 0.485. The molecule has 0 radical (unpaired) electrons. The van der Waals surface area contributed by atoms with Gasteiger partial charge < -0.3 is 9.64 Å². The number of hydrogen-bond donors (Lipinski definition) is 0. The summed E-state index contributed by atoms with van der Waals surface area (Å²) in [5.41, 5.74) is 1.85. The molecule has 0 aromatic rings. The lowest BCUT2D eigenvalue weighted by atomic mass is 9.49. The lowest BCUT2D eigenvalue weighted by molar-refractivity contribution is -0.121. The molecule has 0 amide bonds. The van der Waals surface area contributed by atoms with Crippen molar-refractivity contribution in [3.63, 3.8) is 0 Å². The highest BCUT2D eigenvalue weighted by Crippen LogP contribution is 2.65. The molecule has 0 aromatic heterocycles. The first-order chi connectivity index (χ1) is 12.2. The molecule has 4 rings (SSSR count). The number of fused-ring (bicyclic) bond motifs is 5. The highest BCUT2D eigenvalue weighted by molar-refractivity contribution is 5.91. The first kappa shape index (κ1) is 18.1. The standard InChI is InChI=1S/C23H35NO2/c1-14(2)26-17-12-19-21-15(3)24(6)20-11-16(25)7-10-23(20,5)18(21)8-9-22(19,4)13-17/h11,15,17-19,21H,1,7-10,12-13H2,2-6H3/t15-,17?,18+,19+,21-,22-,23-/m1/s1. The summed E-state index contributed by atoms with van der Waals surface area (Å²) in [6.07, 6.45) is 8.95. The van der Waals surface area contributed by atoms with E-state index in [-0.39, 0.29) is 5.41 Å². The molecule has 3 fully saturated rings. The van der Waals surface area contributed by atoms with Gasteiger partial charge in [-0.25, -0.2) is 0 Å². The second-order valence-electron chi connectivity index (χ2n) is 10.1. The van der Waals surface area contributed by atoms with Gasteiger partial charge in [0.05, 0.1) is 11.9 Å². The zero-order valence-corrected chi connectivity index (χ0v) is 17.2. The lowest BCUT2D eigenvalue weighted by Gasteiger charge is -2.62. The van der Waals surface area contributed by atoms with Crippen molar-refractivity contribution < 1.29 is 9.53 Å². The van der Waals surface area contributed by atoms with Gasteiger partial charge in [0.15, 0.2) is 5.78 Å². The molecule has 1 heterocycles. The number of ketones is 1. The van der Waals surface area contributed by atoms with Gasteiger partial charge in [-0.05, 0) is 69.1 Å². The molecular formula is C23H35NO2. The van der Waals surface area contributed by atoms with Crippen molar-refractivity contribution >= 4 is 5.78 Å². The molecule has 3 nitrogen and oxygen atoms in total. The molecule has 1 aliphatic heterocycles. The van der Waals surface area contributed by atoms with Crippen LogP contribution in [0.1, 0.15) is 66.2 Å². The van der Waals surface area contributed by atoms with E-state index >= 15 is 0 Å². The number of piperidine rings is 1. The van der Waals surface area contributed by atoms with Crippen LogP contribution in [0.4, 0.5) is 0 Å². The first-order valence-corrected chi connectivity index (χ1v) is 10.5. The van der Waals surface area contributed by atoms with Crippen LogP contribution in [0.15, 0.2) is 24.1 Å². The van der Waals surface area contributed by atoms with Crippen LogP contribution in [0.25, 0.3) is 0 Å². The minimum atomic E-state index is 0.161. The van der Waals surface area contributed by atoms with E-state index in [1.54, 1.807) is 0 Å². The topological polar surface area (TPSA) is 29.5 Å². The Kier molecular flexibility index (Phi) is 4.09. The van der Waals surface area contributed by atoms with Crippen molar-refractivity contribution in [1.29, 1.82) is 0 Å². The van der Waals surface area contributed by atoms with E-state index in [9.17, 15) is 4.79 Å². The Balaban J connectivity index is 1.70. The Morgan fingerprint density at radius 2 is 2.04 bits per heavy atom. The van der Waals surface area contributed by atoms with E-state index in [1.807, 2.05) is 13.0 Å². The molecule has 0 bridgehead atoms.